The lowest BCUT2D eigenvalue weighted by atomic mass is 9.98. The number of nitrogens with one attached hydrogen (secondary N) is 2. The molecule has 2 aromatic carbocycles. The van der Waals surface area contributed by atoms with Crippen LogP contribution in [0.25, 0.3) is 27.8 Å². The summed E-state index contributed by atoms with van der Waals surface area (Å²) < 4.78 is 6.89. The molecule has 0 aliphatic rings. The summed E-state index contributed by atoms with van der Waals surface area (Å²) in [5, 5.41) is 15.5. The Morgan fingerprint density at radius 2 is 1.60 bits per heavy atom. The topological polar surface area (TPSA) is 123 Å². The molecule has 4 rings (SSSR count). The van der Waals surface area contributed by atoms with Gasteiger partial charge in [-0.1, -0.05) is 54.6 Å². The number of benzene rings is 2. The molecule has 0 bridgehead atoms. The van der Waals surface area contributed by atoms with E-state index in [1.165, 1.54) is 0 Å². The number of pyridine rings is 1. The van der Waals surface area contributed by atoms with Crippen molar-refractivity contribution in [1.82, 2.24) is 20.2 Å². The standard InChI is InChI=1S/C34H36N4O5/c1-43-18-16-36-21-30(25-5-3-2-4-6-25)19-32(24-39)37-34(42)31(20-33(40)41)23-38-17-13-29(22-38)27-9-7-26(8-10-27)28-11-14-35-15-12-28/h2-15,17,21-22,24,31-32,36H,16,18-20,23H2,1H3,(H,37,42)(H,40,41)/b30-21-/t31-,32-/m0/s1. The molecule has 0 aliphatic heterocycles. The van der Waals surface area contributed by atoms with Crippen molar-refractivity contribution in [3.8, 4) is 22.3 Å². The number of nitrogens with zero attached hydrogens (tertiary/aromatic N) is 2. The number of aldehydes is 1. The molecule has 4 aromatic rings. The summed E-state index contributed by atoms with van der Waals surface area (Å²) in [6.45, 7) is 1.25. The molecule has 0 saturated carbocycles. The van der Waals surface area contributed by atoms with E-state index in [0.29, 0.717) is 19.4 Å². The van der Waals surface area contributed by atoms with Crippen molar-refractivity contribution in [3.63, 3.8) is 0 Å². The fraction of sp³-hybridized carbons (Fsp3) is 0.235. The molecule has 43 heavy (non-hydrogen) atoms. The molecule has 0 radical (unpaired) electrons. The van der Waals surface area contributed by atoms with E-state index in [9.17, 15) is 19.5 Å². The quantitative estimate of drug-likeness (QED) is 0.130. The zero-order chi connectivity index (χ0) is 30.4. The lowest BCUT2D eigenvalue weighted by Gasteiger charge is -2.20. The van der Waals surface area contributed by atoms with Crippen LogP contribution in [-0.4, -0.2) is 59.1 Å². The maximum atomic E-state index is 13.3. The van der Waals surface area contributed by atoms with E-state index in [-0.39, 0.29) is 19.4 Å². The molecule has 9 heteroatoms. The van der Waals surface area contributed by atoms with Crippen molar-refractivity contribution in [1.29, 1.82) is 0 Å². The van der Waals surface area contributed by atoms with Gasteiger partial charge in [0.15, 0.2) is 0 Å². The second-order valence-corrected chi connectivity index (χ2v) is 10.1. The Morgan fingerprint density at radius 1 is 0.930 bits per heavy atom. The Morgan fingerprint density at radius 3 is 2.26 bits per heavy atom. The minimum absolute atomic E-state index is 0.152. The number of aliphatic carboxylic acids is 1. The first-order valence-electron chi connectivity index (χ1n) is 14.1. The van der Waals surface area contributed by atoms with Crippen molar-refractivity contribution in [3.05, 3.63) is 109 Å². The number of carbonyl (C=O) groups is 3. The van der Waals surface area contributed by atoms with Gasteiger partial charge < -0.3 is 29.8 Å². The fourth-order valence-corrected chi connectivity index (χ4v) is 4.77. The normalized spacial score (nSPS) is 12.7. The van der Waals surface area contributed by atoms with Crippen LogP contribution < -0.4 is 10.6 Å². The van der Waals surface area contributed by atoms with Gasteiger partial charge in [-0.2, -0.15) is 0 Å². The third-order valence-electron chi connectivity index (χ3n) is 7.01. The lowest BCUT2D eigenvalue weighted by Crippen LogP contribution is -2.42. The number of hydrogen-bond donors (Lipinski definition) is 3. The number of hydrogen-bond acceptors (Lipinski definition) is 6. The summed E-state index contributed by atoms with van der Waals surface area (Å²) in [4.78, 5) is 41.1. The highest BCUT2D eigenvalue weighted by Gasteiger charge is 2.25. The average molecular weight is 581 g/mol. The van der Waals surface area contributed by atoms with Gasteiger partial charge in [-0.15, -0.1) is 0 Å². The van der Waals surface area contributed by atoms with Crippen LogP contribution in [-0.2, 0) is 25.7 Å². The van der Waals surface area contributed by atoms with Crippen LogP contribution in [0.1, 0.15) is 18.4 Å². The molecule has 0 unspecified atom stereocenters. The molecule has 2 heterocycles. The number of ether oxygens (including phenoxy) is 1. The van der Waals surface area contributed by atoms with Gasteiger partial charge in [0.05, 0.1) is 25.0 Å². The van der Waals surface area contributed by atoms with Crippen LogP contribution in [0.4, 0.5) is 0 Å². The van der Waals surface area contributed by atoms with Gasteiger partial charge in [-0.05, 0) is 51.6 Å². The summed E-state index contributed by atoms with van der Waals surface area (Å²) in [7, 11) is 1.62. The first-order valence-corrected chi connectivity index (χ1v) is 14.1. The molecule has 2 atom stereocenters. The third-order valence-corrected chi connectivity index (χ3v) is 7.01. The molecular formula is C34H36N4O5. The highest BCUT2D eigenvalue weighted by molar-refractivity contribution is 5.86. The average Bonchev–Trinajstić information content (AvgIpc) is 3.51. The summed E-state index contributed by atoms with van der Waals surface area (Å²) in [5.74, 6) is -2.46. The van der Waals surface area contributed by atoms with Crippen LogP contribution in [0.15, 0.2) is 104 Å². The SMILES string of the molecule is COCCN/C=C(/C[C@@H](C=O)NC(=O)[C@@H](CC(=O)O)Cn1ccc(-c2ccc(-c3ccncc3)cc2)c1)c1ccccc1. The van der Waals surface area contributed by atoms with E-state index in [1.54, 1.807) is 19.5 Å². The molecule has 0 fully saturated rings. The molecule has 222 valence electrons. The van der Waals surface area contributed by atoms with Crippen molar-refractivity contribution < 1.29 is 24.2 Å². The summed E-state index contributed by atoms with van der Waals surface area (Å²) >= 11 is 0. The number of amides is 1. The van der Waals surface area contributed by atoms with Crippen molar-refractivity contribution in [2.75, 3.05) is 20.3 Å². The Bertz CT molecular complexity index is 1500. The third kappa shape index (κ3) is 9.24. The number of methoxy groups -OCH3 is 1. The molecule has 0 spiro atoms. The van der Waals surface area contributed by atoms with Crippen molar-refractivity contribution >= 4 is 23.7 Å². The predicted octanol–water partition coefficient (Wildman–Crippen LogP) is 4.66. The van der Waals surface area contributed by atoms with E-state index in [1.807, 2.05) is 96.0 Å². The number of aromatic nitrogens is 2. The second kappa shape index (κ2) is 15.8. The minimum atomic E-state index is -1.09. The van der Waals surface area contributed by atoms with E-state index in [0.717, 1.165) is 33.4 Å². The maximum Gasteiger partial charge on any atom is 0.304 e. The van der Waals surface area contributed by atoms with Gasteiger partial charge in [0, 0.05) is 57.6 Å². The molecule has 3 N–H and O–H groups in total. The van der Waals surface area contributed by atoms with Gasteiger partial charge in [0.1, 0.15) is 6.29 Å². The Balaban J connectivity index is 1.44. The van der Waals surface area contributed by atoms with E-state index < -0.39 is 23.8 Å². The van der Waals surface area contributed by atoms with Gasteiger partial charge in [0.2, 0.25) is 5.91 Å². The van der Waals surface area contributed by atoms with Crippen LogP contribution in [0.3, 0.4) is 0 Å². The Hall–Kier alpha value is -5.02. The van der Waals surface area contributed by atoms with Crippen molar-refractivity contribution in [2.24, 2.45) is 5.92 Å². The van der Waals surface area contributed by atoms with Crippen LogP contribution in [0.5, 0.6) is 0 Å². The zero-order valence-electron chi connectivity index (χ0n) is 24.1. The minimum Gasteiger partial charge on any atom is -0.481 e. The van der Waals surface area contributed by atoms with Gasteiger partial charge >= 0.3 is 5.97 Å². The van der Waals surface area contributed by atoms with Crippen molar-refractivity contribution in [2.45, 2.75) is 25.4 Å². The lowest BCUT2D eigenvalue weighted by molar-refractivity contribution is -0.141. The first-order chi connectivity index (χ1) is 21.0. The molecular weight excluding hydrogens is 544 g/mol. The van der Waals surface area contributed by atoms with Crippen LogP contribution >= 0.6 is 0 Å². The van der Waals surface area contributed by atoms with Crippen LogP contribution in [0.2, 0.25) is 0 Å². The summed E-state index contributed by atoms with van der Waals surface area (Å²) in [6, 6.07) is 22.7. The van der Waals surface area contributed by atoms with Gasteiger partial charge in [0.25, 0.3) is 0 Å². The fourth-order valence-electron chi connectivity index (χ4n) is 4.77. The monoisotopic (exact) mass is 580 g/mol. The Labute approximate surface area is 251 Å². The number of carboxylic acid groups (broad SMARTS) is 1. The smallest absolute Gasteiger partial charge is 0.304 e. The van der Waals surface area contributed by atoms with E-state index >= 15 is 0 Å². The van der Waals surface area contributed by atoms with Crippen LogP contribution in [0, 0.1) is 5.92 Å². The van der Waals surface area contributed by atoms with E-state index in [2.05, 4.69) is 15.6 Å². The van der Waals surface area contributed by atoms with Gasteiger partial charge in [-0.3, -0.25) is 14.6 Å². The summed E-state index contributed by atoms with van der Waals surface area (Å²) in [5.41, 5.74) is 5.82. The first kappa shape index (κ1) is 30.9. The number of carbonyl (C=O) groups excluding carboxylic acids is 2. The Kier molecular flexibility index (Phi) is 11.4. The zero-order valence-corrected chi connectivity index (χ0v) is 24.1. The molecule has 0 aliphatic carbocycles. The maximum absolute atomic E-state index is 13.3. The summed E-state index contributed by atoms with van der Waals surface area (Å²) in [6.07, 6.45) is 9.60. The highest BCUT2D eigenvalue weighted by Crippen LogP contribution is 2.25. The van der Waals surface area contributed by atoms with Gasteiger partial charge in [-0.25, -0.2) is 0 Å². The molecule has 2 aromatic heterocycles. The number of carboxylic acids is 1. The second-order valence-electron chi connectivity index (χ2n) is 10.1. The number of rotatable bonds is 16. The van der Waals surface area contributed by atoms with E-state index in [4.69, 9.17) is 4.74 Å². The molecule has 9 nitrogen and oxygen atoms in total. The highest BCUT2D eigenvalue weighted by atomic mass is 16.5. The molecule has 0 saturated heterocycles. The predicted molar refractivity (Wildman–Crippen MR) is 166 cm³/mol. The largest absolute Gasteiger partial charge is 0.481 e. The molecule has 1 amide bonds.